The highest BCUT2D eigenvalue weighted by atomic mass is 16.5. The van der Waals surface area contributed by atoms with Crippen molar-refractivity contribution in [3.8, 4) is 11.4 Å². The van der Waals surface area contributed by atoms with Crippen LogP contribution in [0, 0.1) is 6.92 Å². The van der Waals surface area contributed by atoms with Gasteiger partial charge in [-0.25, -0.2) is 0 Å². The molecular weight excluding hydrogens is 304 g/mol. The fourth-order valence-corrected chi connectivity index (χ4v) is 2.27. The van der Waals surface area contributed by atoms with Gasteiger partial charge in [0, 0.05) is 5.56 Å². The molecule has 1 heterocycles. The first kappa shape index (κ1) is 16.3. The molecule has 0 aliphatic rings. The molecule has 1 aromatic heterocycles. The number of aliphatic hydroxyl groups excluding tert-OH is 1. The van der Waals surface area contributed by atoms with Crippen molar-refractivity contribution in [3.63, 3.8) is 0 Å². The minimum atomic E-state index is -0.686. The Labute approximate surface area is 140 Å². The van der Waals surface area contributed by atoms with Gasteiger partial charge in [-0.3, -0.25) is 0 Å². The van der Waals surface area contributed by atoms with E-state index in [-0.39, 0.29) is 13.2 Å². The number of aliphatic hydroxyl groups is 1. The van der Waals surface area contributed by atoms with Crippen molar-refractivity contribution < 1.29 is 9.84 Å². The maximum absolute atomic E-state index is 10.0. The highest BCUT2D eigenvalue weighted by Crippen LogP contribution is 2.14. The first-order chi connectivity index (χ1) is 11.7. The Morgan fingerprint density at radius 1 is 1.08 bits per heavy atom. The lowest BCUT2D eigenvalue weighted by atomic mass is 10.1. The van der Waals surface area contributed by atoms with Gasteiger partial charge in [0.15, 0.2) is 0 Å². The van der Waals surface area contributed by atoms with Crippen LogP contribution >= 0.6 is 0 Å². The van der Waals surface area contributed by atoms with E-state index < -0.39 is 6.10 Å². The van der Waals surface area contributed by atoms with E-state index in [9.17, 15) is 5.11 Å². The van der Waals surface area contributed by atoms with Crippen LogP contribution in [0.3, 0.4) is 0 Å². The lowest BCUT2D eigenvalue weighted by molar-refractivity contribution is 0.0165. The molecule has 1 N–H and O–H groups in total. The van der Waals surface area contributed by atoms with Gasteiger partial charge < -0.3 is 9.84 Å². The molecule has 0 saturated carbocycles. The van der Waals surface area contributed by atoms with E-state index in [1.165, 1.54) is 10.4 Å². The summed E-state index contributed by atoms with van der Waals surface area (Å²) in [6.07, 6.45) is -0.686. The SMILES string of the molecule is Cc1ccc(-c2nnn(C[C@@H](O)COCc3ccccc3)n2)cc1. The third-order valence-electron chi connectivity index (χ3n) is 3.56. The predicted molar refractivity (Wildman–Crippen MR) is 90.1 cm³/mol. The molecule has 6 nitrogen and oxygen atoms in total. The summed E-state index contributed by atoms with van der Waals surface area (Å²) in [5, 5.41) is 22.3. The van der Waals surface area contributed by atoms with Gasteiger partial charge in [0.1, 0.15) is 0 Å². The number of tetrazole rings is 1. The van der Waals surface area contributed by atoms with E-state index >= 15 is 0 Å². The van der Waals surface area contributed by atoms with Crippen LogP contribution in [-0.2, 0) is 17.9 Å². The zero-order valence-electron chi connectivity index (χ0n) is 13.5. The summed E-state index contributed by atoms with van der Waals surface area (Å²) < 4.78 is 5.52. The molecule has 6 heteroatoms. The van der Waals surface area contributed by atoms with Crippen LogP contribution in [0.4, 0.5) is 0 Å². The topological polar surface area (TPSA) is 73.1 Å². The lowest BCUT2D eigenvalue weighted by Gasteiger charge is -2.10. The smallest absolute Gasteiger partial charge is 0.204 e. The van der Waals surface area contributed by atoms with Crippen molar-refractivity contribution in [1.29, 1.82) is 0 Å². The monoisotopic (exact) mass is 324 g/mol. The Balaban J connectivity index is 1.50. The molecule has 2 aromatic carbocycles. The van der Waals surface area contributed by atoms with Crippen molar-refractivity contribution >= 4 is 0 Å². The quantitative estimate of drug-likeness (QED) is 0.721. The van der Waals surface area contributed by atoms with E-state index in [1.54, 1.807) is 0 Å². The van der Waals surface area contributed by atoms with Crippen LogP contribution < -0.4 is 0 Å². The number of nitrogens with zero attached hydrogens (tertiary/aromatic N) is 4. The van der Waals surface area contributed by atoms with Gasteiger partial charge in [-0.15, -0.1) is 10.2 Å². The van der Waals surface area contributed by atoms with Crippen LogP contribution in [0.5, 0.6) is 0 Å². The molecule has 0 bridgehead atoms. The fourth-order valence-electron chi connectivity index (χ4n) is 2.27. The summed E-state index contributed by atoms with van der Waals surface area (Å²) in [4.78, 5) is 1.39. The summed E-state index contributed by atoms with van der Waals surface area (Å²) >= 11 is 0. The summed E-state index contributed by atoms with van der Waals surface area (Å²) in [6.45, 7) is 2.96. The molecule has 0 fully saturated rings. The van der Waals surface area contributed by atoms with Gasteiger partial charge in [-0.1, -0.05) is 60.2 Å². The third-order valence-corrected chi connectivity index (χ3v) is 3.56. The van der Waals surface area contributed by atoms with E-state index in [4.69, 9.17) is 4.74 Å². The normalized spacial score (nSPS) is 12.2. The van der Waals surface area contributed by atoms with Crippen LogP contribution in [-0.4, -0.2) is 38.0 Å². The Morgan fingerprint density at radius 3 is 2.58 bits per heavy atom. The van der Waals surface area contributed by atoms with E-state index in [0.29, 0.717) is 12.4 Å². The average Bonchev–Trinajstić information content (AvgIpc) is 3.05. The molecule has 0 spiro atoms. The van der Waals surface area contributed by atoms with Crippen LogP contribution in [0.1, 0.15) is 11.1 Å². The molecule has 1 atom stereocenters. The lowest BCUT2D eigenvalue weighted by Crippen LogP contribution is -2.23. The van der Waals surface area contributed by atoms with Crippen molar-refractivity contribution in [2.75, 3.05) is 6.61 Å². The molecule has 0 unspecified atom stereocenters. The summed E-state index contributed by atoms with van der Waals surface area (Å²) in [5.74, 6) is 0.549. The Hall–Kier alpha value is -2.57. The highest BCUT2D eigenvalue weighted by Gasteiger charge is 2.10. The molecule has 3 aromatic rings. The number of hydrogen-bond donors (Lipinski definition) is 1. The Kier molecular flexibility index (Phi) is 5.30. The highest BCUT2D eigenvalue weighted by molar-refractivity contribution is 5.53. The molecule has 24 heavy (non-hydrogen) atoms. The van der Waals surface area contributed by atoms with E-state index in [1.807, 2.05) is 61.5 Å². The van der Waals surface area contributed by atoms with Crippen molar-refractivity contribution in [2.24, 2.45) is 0 Å². The number of rotatable bonds is 7. The maximum atomic E-state index is 10.0. The zero-order valence-corrected chi connectivity index (χ0v) is 13.5. The van der Waals surface area contributed by atoms with Gasteiger partial charge in [0.2, 0.25) is 5.82 Å². The second kappa shape index (κ2) is 7.81. The molecule has 0 amide bonds. The molecule has 0 aliphatic carbocycles. The van der Waals surface area contributed by atoms with Crippen LogP contribution in [0.15, 0.2) is 54.6 Å². The maximum Gasteiger partial charge on any atom is 0.204 e. The molecule has 0 radical (unpaired) electrons. The number of aromatic nitrogens is 4. The molecule has 124 valence electrons. The summed E-state index contributed by atoms with van der Waals surface area (Å²) in [6, 6.07) is 17.8. The second-order valence-corrected chi connectivity index (χ2v) is 5.69. The van der Waals surface area contributed by atoms with E-state index in [0.717, 1.165) is 11.1 Å². The van der Waals surface area contributed by atoms with Crippen LogP contribution in [0.25, 0.3) is 11.4 Å². The van der Waals surface area contributed by atoms with Crippen molar-refractivity contribution in [1.82, 2.24) is 20.2 Å². The number of ether oxygens (including phenoxy) is 1. The average molecular weight is 324 g/mol. The third kappa shape index (κ3) is 4.47. The standard InChI is InChI=1S/C18H20N4O2/c1-14-7-9-16(10-8-14)18-19-21-22(20-18)11-17(23)13-24-12-15-5-3-2-4-6-15/h2-10,17,23H,11-13H2,1H3/t17-/m1/s1. The van der Waals surface area contributed by atoms with Gasteiger partial charge in [-0.2, -0.15) is 4.80 Å². The first-order valence-electron chi connectivity index (χ1n) is 7.85. The minimum absolute atomic E-state index is 0.219. The summed E-state index contributed by atoms with van der Waals surface area (Å²) in [7, 11) is 0. The van der Waals surface area contributed by atoms with Gasteiger partial charge >= 0.3 is 0 Å². The Bertz CT molecular complexity index is 756. The van der Waals surface area contributed by atoms with E-state index in [2.05, 4.69) is 15.4 Å². The van der Waals surface area contributed by atoms with Gasteiger partial charge in [0.25, 0.3) is 0 Å². The first-order valence-corrected chi connectivity index (χ1v) is 7.85. The van der Waals surface area contributed by atoms with Crippen molar-refractivity contribution in [2.45, 2.75) is 26.2 Å². The molecule has 0 aliphatic heterocycles. The predicted octanol–water partition coefficient (Wildman–Crippen LogP) is 2.23. The van der Waals surface area contributed by atoms with Crippen LogP contribution in [0.2, 0.25) is 0 Å². The van der Waals surface area contributed by atoms with Gasteiger partial charge in [-0.05, 0) is 17.7 Å². The largest absolute Gasteiger partial charge is 0.389 e. The number of hydrogen-bond acceptors (Lipinski definition) is 5. The molecule has 0 saturated heterocycles. The molecular formula is C18H20N4O2. The van der Waals surface area contributed by atoms with Gasteiger partial charge in [0.05, 0.1) is 25.9 Å². The minimum Gasteiger partial charge on any atom is -0.389 e. The fraction of sp³-hybridized carbons (Fsp3) is 0.278. The number of aryl methyl sites for hydroxylation is 1. The van der Waals surface area contributed by atoms with Crippen molar-refractivity contribution in [3.05, 3.63) is 65.7 Å². The summed E-state index contributed by atoms with van der Waals surface area (Å²) in [5.41, 5.74) is 3.16. The zero-order chi connectivity index (χ0) is 16.8. The number of benzene rings is 2. The molecule has 3 rings (SSSR count). The second-order valence-electron chi connectivity index (χ2n) is 5.69. The Morgan fingerprint density at radius 2 is 1.83 bits per heavy atom.